The maximum Gasteiger partial charge on any atom is 4.00 e. The van der Waals surface area contributed by atoms with Crippen LogP contribution in [0.4, 0.5) is 0 Å². The Morgan fingerprint density at radius 3 is 1.52 bits per heavy atom. The smallest absolute Gasteiger partial charge is 0.358 e. The van der Waals surface area contributed by atoms with Gasteiger partial charge in [-0.05, 0) is 11.1 Å². The molecular formula is C20H22Pt. The van der Waals surface area contributed by atoms with Crippen molar-refractivity contribution in [3.8, 4) is 22.3 Å². The third-order valence-corrected chi connectivity index (χ3v) is 2.99. The zero-order valence-electron chi connectivity index (χ0n) is 12.8. The van der Waals surface area contributed by atoms with E-state index in [0.29, 0.717) is 0 Å². The van der Waals surface area contributed by atoms with Gasteiger partial charge in [-0.25, -0.2) is 0 Å². The molecule has 112 valence electrons. The molecule has 3 aromatic carbocycles. The summed E-state index contributed by atoms with van der Waals surface area (Å²) in [5.41, 5.74) is 5.08. The molecule has 0 amide bonds. The minimum Gasteiger partial charge on any atom is -0.358 e. The van der Waals surface area contributed by atoms with E-state index in [2.05, 4.69) is 72.8 Å². The van der Waals surface area contributed by atoms with Crippen LogP contribution in [0.5, 0.6) is 0 Å². The van der Waals surface area contributed by atoms with E-state index in [1.54, 1.807) is 0 Å². The van der Waals surface area contributed by atoms with Crippen molar-refractivity contribution in [3.05, 3.63) is 101 Å². The molecule has 0 atom stereocenters. The van der Waals surface area contributed by atoms with Crippen LogP contribution in [0.15, 0.2) is 78.9 Å². The molecule has 3 rings (SSSR count). The Morgan fingerprint density at radius 2 is 1.00 bits per heavy atom. The Morgan fingerprint density at radius 1 is 0.524 bits per heavy atom. The normalized spacial score (nSPS) is 8.38. The number of rotatable bonds is 2. The van der Waals surface area contributed by atoms with Crippen LogP contribution in [0.3, 0.4) is 0 Å². The molecular weight excluding hydrogens is 435 g/mol. The van der Waals surface area contributed by atoms with E-state index in [-0.39, 0.29) is 43.3 Å². The van der Waals surface area contributed by atoms with E-state index < -0.39 is 0 Å². The summed E-state index contributed by atoms with van der Waals surface area (Å²) in [7, 11) is 0. The van der Waals surface area contributed by atoms with E-state index in [0.717, 1.165) is 0 Å². The van der Waals surface area contributed by atoms with E-state index in [1.165, 1.54) is 22.3 Å². The predicted octanol–water partition coefficient (Wildman–Crippen LogP) is 6.09. The van der Waals surface area contributed by atoms with Crippen LogP contribution in [0.1, 0.15) is 0 Å². The standard InChI is InChI=1S/C17H13.3CH3.Pt/c1-2-6-14(7-3-1)16-10-12-17(13-11-16)15-8-4-5-9-15;;;;/h1-13H;3*1H3;/q4*-1;+4. The second kappa shape index (κ2) is 10.2. The minimum atomic E-state index is 0. The largest absolute Gasteiger partial charge is 4.00 e. The van der Waals surface area contributed by atoms with Crippen LogP contribution < -0.4 is 0 Å². The summed E-state index contributed by atoms with van der Waals surface area (Å²) in [6.07, 6.45) is 0. The van der Waals surface area contributed by atoms with Gasteiger partial charge in [-0.2, -0.15) is 12.1 Å². The zero-order chi connectivity index (χ0) is 11.5. The molecule has 0 saturated carbocycles. The van der Waals surface area contributed by atoms with Crippen molar-refractivity contribution in [2.45, 2.75) is 0 Å². The van der Waals surface area contributed by atoms with Crippen LogP contribution in [0, 0.1) is 22.3 Å². The molecule has 3 aromatic rings. The first-order chi connectivity index (χ1) is 8.43. The molecule has 0 aromatic heterocycles. The fraction of sp³-hybridized carbons (Fsp3) is 0. The predicted molar refractivity (Wildman–Crippen MR) is 92.1 cm³/mol. The van der Waals surface area contributed by atoms with Gasteiger partial charge in [0, 0.05) is 0 Å². The number of benzene rings is 2. The Balaban J connectivity index is 0. The summed E-state index contributed by atoms with van der Waals surface area (Å²) in [4.78, 5) is 0. The van der Waals surface area contributed by atoms with Gasteiger partial charge in [-0.3, -0.25) is 0 Å². The molecule has 0 spiro atoms. The van der Waals surface area contributed by atoms with E-state index in [4.69, 9.17) is 0 Å². The monoisotopic (exact) mass is 457 g/mol. The average Bonchev–Trinajstić information content (AvgIpc) is 2.94. The third-order valence-electron chi connectivity index (χ3n) is 2.99. The summed E-state index contributed by atoms with van der Waals surface area (Å²) < 4.78 is 0. The third kappa shape index (κ3) is 5.06. The molecule has 0 fully saturated rings. The summed E-state index contributed by atoms with van der Waals surface area (Å²) in [5, 5.41) is 0. The molecule has 0 radical (unpaired) electrons. The molecule has 21 heavy (non-hydrogen) atoms. The van der Waals surface area contributed by atoms with Gasteiger partial charge < -0.3 is 22.3 Å². The second-order valence-electron chi connectivity index (χ2n) is 4.12. The quantitative estimate of drug-likeness (QED) is 0.409. The van der Waals surface area contributed by atoms with Gasteiger partial charge in [0.1, 0.15) is 0 Å². The topological polar surface area (TPSA) is 0 Å². The van der Waals surface area contributed by atoms with Crippen LogP contribution in [-0.2, 0) is 21.1 Å². The zero-order valence-corrected chi connectivity index (χ0v) is 15.1. The SMILES string of the molecule is [CH3-].[CH3-].[CH3-].[Pt+4].c1ccc(-c2ccc(-[c-]3cccc3)cc2)cc1. The molecule has 0 aliphatic carbocycles. The summed E-state index contributed by atoms with van der Waals surface area (Å²) in [6, 6.07) is 27.6. The van der Waals surface area contributed by atoms with Gasteiger partial charge in [-0.15, -0.1) is 29.8 Å². The molecule has 0 unspecified atom stereocenters. The molecule has 1 heteroatoms. The van der Waals surface area contributed by atoms with Gasteiger partial charge in [0.15, 0.2) is 0 Å². The fourth-order valence-electron chi connectivity index (χ4n) is 2.05. The molecule has 0 N–H and O–H groups in total. The van der Waals surface area contributed by atoms with Crippen LogP contribution in [-0.4, -0.2) is 0 Å². The van der Waals surface area contributed by atoms with Crippen molar-refractivity contribution in [1.82, 2.24) is 0 Å². The molecule has 0 saturated heterocycles. The summed E-state index contributed by atoms with van der Waals surface area (Å²) in [6.45, 7) is 0. The van der Waals surface area contributed by atoms with E-state index in [1.807, 2.05) is 6.07 Å². The number of hydrogen-bond donors (Lipinski definition) is 0. The van der Waals surface area contributed by atoms with Gasteiger partial charge in [-0.1, -0.05) is 48.0 Å². The first-order valence-corrected chi connectivity index (χ1v) is 5.81. The van der Waals surface area contributed by atoms with Crippen molar-refractivity contribution < 1.29 is 21.1 Å². The van der Waals surface area contributed by atoms with Crippen LogP contribution in [0.2, 0.25) is 0 Å². The van der Waals surface area contributed by atoms with Crippen LogP contribution >= 0.6 is 0 Å². The maximum atomic E-state index is 2.18. The van der Waals surface area contributed by atoms with Crippen LogP contribution in [0.25, 0.3) is 22.3 Å². The first-order valence-electron chi connectivity index (χ1n) is 5.81. The summed E-state index contributed by atoms with van der Waals surface area (Å²) in [5.74, 6) is 0. The Labute approximate surface area is 144 Å². The summed E-state index contributed by atoms with van der Waals surface area (Å²) >= 11 is 0. The average molecular weight is 457 g/mol. The van der Waals surface area contributed by atoms with Crippen molar-refractivity contribution in [1.29, 1.82) is 0 Å². The molecule has 0 bridgehead atoms. The molecule has 0 heterocycles. The number of hydrogen-bond acceptors (Lipinski definition) is 0. The van der Waals surface area contributed by atoms with Gasteiger partial charge in [0.05, 0.1) is 0 Å². The molecule has 0 aliphatic rings. The van der Waals surface area contributed by atoms with Crippen molar-refractivity contribution in [2.24, 2.45) is 0 Å². The second-order valence-corrected chi connectivity index (χ2v) is 4.12. The van der Waals surface area contributed by atoms with Crippen molar-refractivity contribution in [3.63, 3.8) is 0 Å². The maximum absolute atomic E-state index is 2.18. The molecule has 0 nitrogen and oxygen atoms in total. The minimum absolute atomic E-state index is 0. The fourth-order valence-corrected chi connectivity index (χ4v) is 2.05. The van der Waals surface area contributed by atoms with E-state index >= 15 is 0 Å². The Bertz CT molecular complexity index is 578. The van der Waals surface area contributed by atoms with E-state index in [9.17, 15) is 0 Å². The van der Waals surface area contributed by atoms with Gasteiger partial charge in [0.2, 0.25) is 0 Å². The molecule has 0 aliphatic heterocycles. The first kappa shape index (κ1) is 21.8. The Hall–Kier alpha value is -1.52. The van der Waals surface area contributed by atoms with Crippen molar-refractivity contribution in [2.75, 3.05) is 0 Å². The van der Waals surface area contributed by atoms with Crippen molar-refractivity contribution >= 4 is 0 Å². The van der Waals surface area contributed by atoms with Gasteiger partial charge in [0.25, 0.3) is 0 Å². The van der Waals surface area contributed by atoms with Gasteiger partial charge >= 0.3 is 21.1 Å². The Kier molecular flexibility index (Phi) is 10.6.